The van der Waals surface area contributed by atoms with Crippen molar-refractivity contribution in [1.82, 2.24) is 19.8 Å². The number of halogens is 2. The van der Waals surface area contributed by atoms with Crippen LogP contribution in [0.4, 0.5) is 14.6 Å². The van der Waals surface area contributed by atoms with E-state index in [2.05, 4.69) is 20.2 Å². The van der Waals surface area contributed by atoms with Gasteiger partial charge in [-0.3, -0.25) is 0 Å². The molecule has 8 heteroatoms. The molecule has 0 radical (unpaired) electrons. The Morgan fingerprint density at radius 2 is 2.04 bits per heavy atom. The maximum Gasteiger partial charge on any atom is 0.299 e. The van der Waals surface area contributed by atoms with Crippen molar-refractivity contribution in [2.45, 2.75) is 64.0 Å². The van der Waals surface area contributed by atoms with Gasteiger partial charge in [0.05, 0.1) is 6.10 Å². The van der Waals surface area contributed by atoms with E-state index in [1.54, 1.807) is 6.07 Å². The van der Waals surface area contributed by atoms with E-state index in [0.29, 0.717) is 17.5 Å². The van der Waals surface area contributed by atoms with E-state index in [1.165, 1.54) is 19.3 Å². The van der Waals surface area contributed by atoms with Gasteiger partial charge in [0.1, 0.15) is 5.82 Å². The van der Waals surface area contributed by atoms with Gasteiger partial charge in [-0.15, -0.1) is 15.3 Å². The lowest BCUT2D eigenvalue weighted by Gasteiger charge is -2.60. The average Bonchev–Trinajstić information content (AvgIpc) is 3.08. The quantitative estimate of drug-likeness (QED) is 0.810. The van der Waals surface area contributed by atoms with Crippen LogP contribution in [0.15, 0.2) is 12.1 Å². The van der Waals surface area contributed by atoms with Crippen molar-refractivity contribution in [2.75, 3.05) is 18.6 Å². The maximum atomic E-state index is 13.1. The first kappa shape index (κ1) is 17.6. The van der Waals surface area contributed by atoms with Crippen molar-refractivity contribution in [3.63, 3.8) is 0 Å². The molecule has 0 N–H and O–H groups in total. The van der Waals surface area contributed by atoms with Crippen LogP contribution < -0.4 is 4.90 Å². The molecule has 4 rings (SSSR count). The summed E-state index contributed by atoms with van der Waals surface area (Å²) in [6.45, 7) is 2.77. The lowest BCUT2D eigenvalue weighted by atomic mass is 9.54. The van der Waals surface area contributed by atoms with Crippen molar-refractivity contribution in [3.8, 4) is 0 Å². The Balaban J connectivity index is 1.63. The van der Waals surface area contributed by atoms with Crippen LogP contribution in [-0.4, -0.2) is 45.6 Å². The first-order valence-electron chi connectivity index (χ1n) is 9.42. The molecule has 0 amide bonds. The Bertz CT molecular complexity index is 774. The van der Waals surface area contributed by atoms with Crippen molar-refractivity contribution >= 4 is 11.5 Å². The van der Waals surface area contributed by atoms with Gasteiger partial charge >= 0.3 is 0 Å². The minimum Gasteiger partial charge on any atom is -0.378 e. The molecule has 2 aliphatic rings. The monoisotopic (exact) mass is 365 g/mol. The van der Waals surface area contributed by atoms with Crippen LogP contribution in [0, 0.1) is 5.41 Å². The first-order valence-corrected chi connectivity index (χ1v) is 9.42. The molecule has 1 spiro atoms. The van der Waals surface area contributed by atoms with Gasteiger partial charge in [-0.1, -0.05) is 19.3 Å². The highest BCUT2D eigenvalue weighted by molar-refractivity contribution is 5.47. The van der Waals surface area contributed by atoms with Gasteiger partial charge in [0, 0.05) is 25.1 Å². The molecule has 6 nitrogen and oxygen atoms in total. The number of ether oxygens (including phenoxy) is 1. The van der Waals surface area contributed by atoms with Crippen LogP contribution in [0.5, 0.6) is 0 Å². The fourth-order valence-electron chi connectivity index (χ4n) is 4.85. The number of aromatic nitrogens is 4. The second-order valence-electron chi connectivity index (χ2n) is 7.42. The Morgan fingerprint density at radius 1 is 1.27 bits per heavy atom. The van der Waals surface area contributed by atoms with E-state index in [1.807, 2.05) is 20.0 Å². The smallest absolute Gasteiger partial charge is 0.299 e. The van der Waals surface area contributed by atoms with Crippen molar-refractivity contribution in [2.24, 2.45) is 5.41 Å². The van der Waals surface area contributed by atoms with Gasteiger partial charge in [0.25, 0.3) is 6.43 Å². The summed E-state index contributed by atoms with van der Waals surface area (Å²) in [5, 5.41) is 11.7. The van der Waals surface area contributed by atoms with E-state index in [4.69, 9.17) is 4.74 Å². The molecular formula is C18H25F2N5O. The van der Waals surface area contributed by atoms with Gasteiger partial charge in [-0.2, -0.15) is 4.52 Å². The normalized spacial score (nSPS) is 25.0. The van der Waals surface area contributed by atoms with Gasteiger partial charge in [0.2, 0.25) is 5.82 Å². The van der Waals surface area contributed by atoms with Crippen LogP contribution in [0.3, 0.4) is 0 Å². The molecule has 142 valence electrons. The lowest BCUT2D eigenvalue weighted by Crippen LogP contribution is -2.65. The highest BCUT2D eigenvalue weighted by Gasteiger charge is 2.57. The number of fused-ring (bicyclic) bond motifs is 1. The molecule has 2 unspecified atom stereocenters. The van der Waals surface area contributed by atoms with Crippen LogP contribution >= 0.6 is 0 Å². The molecule has 2 heterocycles. The lowest BCUT2D eigenvalue weighted by molar-refractivity contribution is -0.141. The maximum absolute atomic E-state index is 13.1. The zero-order valence-electron chi connectivity index (χ0n) is 15.2. The fraction of sp³-hybridized carbons (Fsp3) is 0.722. The van der Waals surface area contributed by atoms with Gasteiger partial charge in [-0.05, 0) is 38.3 Å². The van der Waals surface area contributed by atoms with Crippen LogP contribution in [-0.2, 0) is 4.74 Å². The molecule has 2 saturated carbocycles. The summed E-state index contributed by atoms with van der Waals surface area (Å²) >= 11 is 0. The summed E-state index contributed by atoms with van der Waals surface area (Å²) in [5.74, 6) is 0.257. The van der Waals surface area contributed by atoms with Crippen LogP contribution in [0.2, 0.25) is 0 Å². The number of rotatable bonds is 5. The van der Waals surface area contributed by atoms with Crippen molar-refractivity contribution < 1.29 is 13.5 Å². The Hall–Kier alpha value is -1.83. The molecule has 0 bridgehead atoms. The molecule has 2 atom stereocenters. The second kappa shape index (κ2) is 6.72. The summed E-state index contributed by atoms with van der Waals surface area (Å²) < 4.78 is 33.4. The third-order valence-electron chi connectivity index (χ3n) is 6.19. The minimum absolute atomic E-state index is 0.151. The summed E-state index contributed by atoms with van der Waals surface area (Å²) in [7, 11) is 2.00. The topological polar surface area (TPSA) is 55.5 Å². The molecule has 0 saturated heterocycles. The van der Waals surface area contributed by atoms with Crippen molar-refractivity contribution in [1.29, 1.82) is 0 Å². The minimum atomic E-state index is -2.70. The highest BCUT2D eigenvalue weighted by Crippen LogP contribution is 2.55. The number of hydrogen-bond acceptors (Lipinski definition) is 5. The predicted molar refractivity (Wildman–Crippen MR) is 93.5 cm³/mol. The fourth-order valence-corrected chi connectivity index (χ4v) is 4.85. The van der Waals surface area contributed by atoms with Gasteiger partial charge in [0.15, 0.2) is 5.65 Å². The van der Waals surface area contributed by atoms with E-state index >= 15 is 0 Å². The molecule has 26 heavy (non-hydrogen) atoms. The molecule has 2 fully saturated rings. The Kier molecular flexibility index (Phi) is 4.54. The molecule has 2 aromatic heterocycles. The Labute approximate surface area is 151 Å². The first-order chi connectivity index (χ1) is 12.6. The summed E-state index contributed by atoms with van der Waals surface area (Å²) in [5.41, 5.74) is 0.490. The summed E-state index contributed by atoms with van der Waals surface area (Å²) in [6, 6.07) is 3.85. The van der Waals surface area contributed by atoms with E-state index in [0.717, 1.165) is 30.4 Å². The molecule has 2 aromatic rings. The van der Waals surface area contributed by atoms with Crippen LogP contribution in [0.1, 0.15) is 57.7 Å². The zero-order valence-corrected chi connectivity index (χ0v) is 15.2. The Morgan fingerprint density at radius 3 is 2.73 bits per heavy atom. The summed E-state index contributed by atoms with van der Waals surface area (Å²) in [6.07, 6.45) is 4.58. The predicted octanol–water partition coefficient (Wildman–Crippen LogP) is 3.63. The third-order valence-corrected chi connectivity index (χ3v) is 6.19. The average molecular weight is 365 g/mol. The SMILES string of the molecule is CCOC1CC(N(C)c2ccc3nnc(C(F)F)n3n2)C12CCCCC2. The third kappa shape index (κ3) is 2.66. The standard InChI is InChI=1S/C18H25F2N5O/c1-3-26-13-11-12(18(13)9-5-4-6-10-18)24(2)15-8-7-14-21-22-17(16(19)20)25(14)23-15/h7-8,12-13,16H,3-6,9-11H2,1-2H3. The molecule has 0 aromatic carbocycles. The number of nitrogens with zero attached hydrogens (tertiary/aromatic N) is 5. The van der Waals surface area contributed by atoms with E-state index < -0.39 is 12.2 Å². The second-order valence-corrected chi connectivity index (χ2v) is 7.42. The van der Waals surface area contributed by atoms with Crippen molar-refractivity contribution in [3.05, 3.63) is 18.0 Å². The zero-order chi connectivity index (χ0) is 18.3. The largest absolute Gasteiger partial charge is 0.378 e. The van der Waals surface area contributed by atoms with Crippen LogP contribution in [0.25, 0.3) is 5.65 Å². The molecule has 0 aliphatic heterocycles. The van der Waals surface area contributed by atoms with Gasteiger partial charge < -0.3 is 9.64 Å². The molecule has 2 aliphatic carbocycles. The number of hydrogen-bond donors (Lipinski definition) is 0. The number of anilines is 1. The van der Waals surface area contributed by atoms with Gasteiger partial charge in [-0.25, -0.2) is 8.78 Å². The summed E-state index contributed by atoms with van der Waals surface area (Å²) in [4.78, 5) is 2.13. The van der Waals surface area contributed by atoms with E-state index in [-0.39, 0.29) is 11.5 Å². The highest BCUT2D eigenvalue weighted by atomic mass is 19.3. The molecular weight excluding hydrogens is 340 g/mol. The van der Waals surface area contributed by atoms with E-state index in [9.17, 15) is 8.78 Å². The number of alkyl halides is 2.